The molecule has 1 aliphatic rings. The lowest BCUT2D eigenvalue weighted by atomic mass is 9.77. The Labute approximate surface area is 236 Å². The van der Waals surface area contributed by atoms with Crippen molar-refractivity contribution in [1.82, 2.24) is 9.55 Å². The zero-order chi connectivity index (χ0) is 27.6. The van der Waals surface area contributed by atoms with E-state index in [9.17, 15) is 8.42 Å². The van der Waals surface area contributed by atoms with Gasteiger partial charge in [0.15, 0.2) is 0 Å². The first-order valence-corrected chi connectivity index (χ1v) is 15.4. The first-order valence-electron chi connectivity index (χ1n) is 13.5. The fourth-order valence-corrected chi connectivity index (χ4v) is 6.42. The van der Waals surface area contributed by atoms with Gasteiger partial charge in [-0.2, -0.15) is 0 Å². The Morgan fingerprint density at radius 2 is 1.40 bits per heavy atom. The summed E-state index contributed by atoms with van der Waals surface area (Å²) >= 11 is 0. The van der Waals surface area contributed by atoms with Crippen LogP contribution in [0.25, 0.3) is 0 Å². The van der Waals surface area contributed by atoms with E-state index in [1.165, 1.54) is 11.8 Å². The molecule has 40 heavy (non-hydrogen) atoms. The Kier molecular flexibility index (Phi) is 6.90. The number of anilines is 2. The van der Waals surface area contributed by atoms with E-state index in [2.05, 4.69) is 93.2 Å². The van der Waals surface area contributed by atoms with Gasteiger partial charge in [0.05, 0.1) is 24.0 Å². The third-order valence-electron chi connectivity index (χ3n) is 7.62. The Balaban J connectivity index is 1.34. The molecule has 5 aromatic rings. The highest BCUT2D eigenvalue weighted by Gasteiger charge is 2.38. The number of sulfonamides is 1. The number of benzene rings is 4. The van der Waals surface area contributed by atoms with Gasteiger partial charge in [0, 0.05) is 31.4 Å². The van der Waals surface area contributed by atoms with Crippen molar-refractivity contribution >= 4 is 21.4 Å². The minimum atomic E-state index is -3.33. The lowest BCUT2D eigenvalue weighted by molar-refractivity contribution is 0.514. The number of fused-ring (bicyclic) bond motifs is 1. The summed E-state index contributed by atoms with van der Waals surface area (Å²) in [5, 5.41) is 0. The molecule has 1 aliphatic heterocycles. The van der Waals surface area contributed by atoms with E-state index in [1.54, 1.807) is 0 Å². The Morgan fingerprint density at radius 3 is 1.95 bits per heavy atom. The number of rotatable bonds is 9. The van der Waals surface area contributed by atoms with Gasteiger partial charge in [0.2, 0.25) is 10.0 Å². The molecule has 0 atom stereocenters. The standard InChI is InChI=1S/C33H32N4O2S/c1-40(38,39)35-30-18-17-26-19-21-36(32(26)23-30)22-20-31-24-37(25-34-31)33(27-11-5-2-6-12-27,28-13-7-3-8-14-28)29-15-9-4-10-16-29/h2-18,23-25,35H,19-22H2,1H3. The van der Waals surface area contributed by atoms with Gasteiger partial charge in [-0.05, 0) is 40.8 Å². The second-order valence-electron chi connectivity index (χ2n) is 10.3. The number of aromatic nitrogens is 2. The fourth-order valence-electron chi connectivity index (χ4n) is 5.87. The molecule has 0 amide bonds. The SMILES string of the molecule is CS(=O)(=O)Nc1ccc2c(c1)N(CCc1cn(C(c3ccccc3)(c3ccccc3)c3ccccc3)cn1)CC2. The summed E-state index contributed by atoms with van der Waals surface area (Å²) in [4.78, 5) is 7.21. The molecule has 2 heterocycles. The lowest BCUT2D eigenvalue weighted by Crippen LogP contribution is -2.37. The molecule has 0 bridgehead atoms. The maximum atomic E-state index is 11.7. The predicted molar refractivity (Wildman–Crippen MR) is 161 cm³/mol. The summed E-state index contributed by atoms with van der Waals surface area (Å²) < 4.78 is 28.3. The molecule has 7 heteroatoms. The van der Waals surface area contributed by atoms with Crippen LogP contribution in [0.4, 0.5) is 11.4 Å². The van der Waals surface area contributed by atoms with E-state index in [-0.39, 0.29) is 0 Å². The molecule has 0 fully saturated rings. The van der Waals surface area contributed by atoms with Crippen LogP contribution in [-0.4, -0.2) is 37.3 Å². The maximum absolute atomic E-state index is 11.7. The topological polar surface area (TPSA) is 67.2 Å². The minimum Gasteiger partial charge on any atom is -0.371 e. The van der Waals surface area contributed by atoms with Crippen molar-refractivity contribution in [3.8, 4) is 0 Å². The van der Waals surface area contributed by atoms with E-state index in [4.69, 9.17) is 4.98 Å². The molecule has 1 N–H and O–H groups in total. The van der Waals surface area contributed by atoms with Gasteiger partial charge in [0.25, 0.3) is 0 Å². The Morgan fingerprint density at radius 1 is 0.825 bits per heavy atom. The van der Waals surface area contributed by atoms with Crippen LogP contribution < -0.4 is 9.62 Å². The maximum Gasteiger partial charge on any atom is 0.229 e. The van der Waals surface area contributed by atoms with Crippen molar-refractivity contribution in [2.75, 3.05) is 29.0 Å². The number of nitrogens with one attached hydrogen (secondary N) is 1. The molecular formula is C33H32N4O2S. The molecule has 0 unspecified atom stereocenters. The number of hydrogen-bond acceptors (Lipinski definition) is 4. The average Bonchev–Trinajstić information content (AvgIpc) is 3.60. The van der Waals surface area contributed by atoms with Crippen LogP contribution in [-0.2, 0) is 28.4 Å². The molecule has 0 aliphatic carbocycles. The van der Waals surface area contributed by atoms with Crippen molar-refractivity contribution in [1.29, 1.82) is 0 Å². The summed E-state index contributed by atoms with van der Waals surface area (Å²) in [7, 11) is -3.33. The second kappa shape index (κ2) is 10.7. The van der Waals surface area contributed by atoms with Gasteiger partial charge in [-0.1, -0.05) is 97.1 Å². The highest BCUT2D eigenvalue weighted by molar-refractivity contribution is 7.92. The third kappa shape index (κ3) is 5.00. The number of imidazole rings is 1. The molecular weight excluding hydrogens is 516 g/mol. The number of nitrogens with zero attached hydrogens (tertiary/aromatic N) is 3. The molecule has 202 valence electrons. The molecule has 0 saturated heterocycles. The van der Waals surface area contributed by atoms with Gasteiger partial charge >= 0.3 is 0 Å². The predicted octanol–water partition coefficient (Wildman–Crippen LogP) is 5.70. The highest BCUT2D eigenvalue weighted by Crippen LogP contribution is 2.41. The summed E-state index contributed by atoms with van der Waals surface area (Å²) in [5.41, 5.74) is 6.83. The van der Waals surface area contributed by atoms with Crippen LogP contribution in [0.5, 0.6) is 0 Å². The summed E-state index contributed by atoms with van der Waals surface area (Å²) in [6.45, 7) is 1.70. The Bertz CT molecular complexity index is 1610. The monoisotopic (exact) mass is 548 g/mol. The quantitative estimate of drug-likeness (QED) is 0.240. The van der Waals surface area contributed by atoms with Crippen LogP contribution >= 0.6 is 0 Å². The van der Waals surface area contributed by atoms with Crippen molar-refractivity contribution in [2.45, 2.75) is 18.4 Å². The smallest absolute Gasteiger partial charge is 0.229 e. The Hall–Kier alpha value is -4.36. The molecule has 4 aromatic carbocycles. The molecule has 0 spiro atoms. The van der Waals surface area contributed by atoms with Crippen LogP contribution in [0.15, 0.2) is 122 Å². The van der Waals surface area contributed by atoms with E-state index >= 15 is 0 Å². The number of hydrogen-bond donors (Lipinski definition) is 1. The van der Waals surface area contributed by atoms with Crippen LogP contribution in [0.1, 0.15) is 27.9 Å². The van der Waals surface area contributed by atoms with Gasteiger partial charge < -0.3 is 9.47 Å². The molecule has 0 saturated carbocycles. The second-order valence-corrected chi connectivity index (χ2v) is 12.0. The van der Waals surface area contributed by atoms with E-state index in [0.717, 1.165) is 54.0 Å². The van der Waals surface area contributed by atoms with Gasteiger partial charge in [0.1, 0.15) is 5.54 Å². The summed E-state index contributed by atoms with van der Waals surface area (Å²) in [6, 6.07) is 37.6. The van der Waals surface area contributed by atoms with E-state index in [1.807, 2.05) is 42.7 Å². The zero-order valence-corrected chi connectivity index (χ0v) is 23.3. The highest BCUT2D eigenvalue weighted by atomic mass is 32.2. The third-order valence-corrected chi connectivity index (χ3v) is 8.22. The van der Waals surface area contributed by atoms with Crippen LogP contribution in [0, 0.1) is 0 Å². The largest absolute Gasteiger partial charge is 0.371 e. The molecule has 6 rings (SSSR count). The van der Waals surface area contributed by atoms with Crippen LogP contribution in [0.2, 0.25) is 0 Å². The first kappa shape index (κ1) is 25.9. The molecule has 0 radical (unpaired) electrons. The van der Waals surface area contributed by atoms with E-state index < -0.39 is 15.6 Å². The molecule has 1 aromatic heterocycles. The fraction of sp³-hybridized carbons (Fsp3) is 0.182. The zero-order valence-electron chi connectivity index (χ0n) is 22.4. The van der Waals surface area contributed by atoms with Crippen molar-refractivity contribution in [2.24, 2.45) is 0 Å². The van der Waals surface area contributed by atoms with Crippen molar-refractivity contribution in [3.63, 3.8) is 0 Å². The van der Waals surface area contributed by atoms with Gasteiger partial charge in [-0.15, -0.1) is 0 Å². The average molecular weight is 549 g/mol. The molecule has 6 nitrogen and oxygen atoms in total. The summed E-state index contributed by atoms with van der Waals surface area (Å²) in [6.07, 6.45) is 7.02. The van der Waals surface area contributed by atoms with Gasteiger partial charge in [-0.3, -0.25) is 4.72 Å². The van der Waals surface area contributed by atoms with Crippen molar-refractivity contribution < 1.29 is 8.42 Å². The normalized spacial score (nSPS) is 13.3. The van der Waals surface area contributed by atoms with E-state index in [0.29, 0.717) is 5.69 Å². The first-order chi connectivity index (χ1) is 19.4. The van der Waals surface area contributed by atoms with Gasteiger partial charge in [-0.25, -0.2) is 13.4 Å². The van der Waals surface area contributed by atoms with Crippen molar-refractivity contribution in [3.05, 3.63) is 150 Å². The lowest BCUT2D eigenvalue weighted by Gasteiger charge is -2.37. The van der Waals surface area contributed by atoms with Crippen LogP contribution in [0.3, 0.4) is 0 Å². The minimum absolute atomic E-state index is 0.582. The summed E-state index contributed by atoms with van der Waals surface area (Å²) in [5.74, 6) is 0.